The first-order valence-electron chi connectivity index (χ1n) is 8.71. The van der Waals surface area contributed by atoms with Crippen LogP contribution in [-0.2, 0) is 11.3 Å². The monoisotopic (exact) mass is 327 g/mol. The number of hydrogen-bond acceptors (Lipinski definition) is 3. The molecule has 0 atom stereocenters. The maximum atomic E-state index is 12.6. The summed E-state index contributed by atoms with van der Waals surface area (Å²) in [6.07, 6.45) is 4.13. The number of para-hydroxylation sites is 1. The van der Waals surface area contributed by atoms with Crippen LogP contribution in [0.5, 0.6) is 0 Å². The summed E-state index contributed by atoms with van der Waals surface area (Å²) >= 11 is 0. The number of carbonyl (C=O) groups is 1. The van der Waals surface area contributed by atoms with Gasteiger partial charge in [-0.3, -0.25) is 14.2 Å². The molecule has 1 aromatic carbocycles. The zero-order valence-corrected chi connectivity index (χ0v) is 14.7. The van der Waals surface area contributed by atoms with Crippen molar-refractivity contribution in [2.75, 3.05) is 6.54 Å². The third-order valence-electron chi connectivity index (χ3n) is 4.49. The van der Waals surface area contributed by atoms with Crippen LogP contribution in [0.2, 0.25) is 0 Å². The molecule has 0 bridgehead atoms. The van der Waals surface area contributed by atoms with E-state index in [2.05, 4.69) is 18.8 Å². The summed E-state index contributed by atoms with van der Waals surface area (Å²) in [4.78, 5) is 31.5. The van der Waals surface area contributed by atoms with E-state index in [1.807, 2.05) is 24.0 Å². The average molecular weight is 327 g/mol. The van der Waals surface area contributed by atoms with Crippen molar-refractivity contribution < 1.29 is 4.79 Å². The molecule has 2 aromatic rings. The standard InChI is InChI=1S/C19H25N3O2/c1-13(2)11-22(15-7-8-15)17(23)9-10-21-12-20-18-14(3)5-4-6-16(18)19(21)24/h4-6,12-13,15H,7-11H2,1-3H3. The molecule has 5 nitrogen and oxygen atoms in total. The van der Waals surface area contributed by atoms with E-state index in [9.17, 15) is 9.59 Å². The van der Waals surface area contributed by atoms with Gasteiger partial charge in [-0.15, -0.1) is 0 Å². The first-order chi connectivity index (χ1) is 11.5. The van der Waals surface area contributed by atoms with Gasteiger partial charge in [-0.2, -0.15) is 0 Å². The van der Waals surface area contributed by atoms with Crippen molar-refractivity contribution in [3.63, 3.8) is 0 Å². The van der Waals surface area contributed by atoms with Crippen LogP contribution in [0.15, 0.2) is 29.3 Å². The van der Waals surface area contributed by atoms with Gasteiger partial charge in [0.1, 0.15) is 0 Å². The van der Waals surface area contributed by atoms with E-state index < -0.39 is 0 Å². The highest BCUT2D eigenvalue weighted by Crippen LogP contribution is 2.28. The Balaban J connectivity index is 1.74. The minimum atomic E-state index is -0.0710. The number of aryl methyl sites for hydroxylation is 2. The summed E-state index contributed by atoms with van der Waals surface area (Å²) in [6.45, 7) is 7.39. The Bertz CT molecular complexity index is 806. The van der Waals surface area contributed by atoms with Crippen LogP contribution in [0.3, 0.4) is 0 Å². The zero-order chi connectivity index (χ0) is 17.3. The molecular formula is C19H25N3O2. The maximum absolute atomic E-state index is 12.6. The van der Waals surface area contributed by atoms with Gasteiger partial charge in [-0.25, -0.2) is 4.98 Å². The number of fused-ring (bicyclic) bond motifs is 1. The van der Waals surface area contributed by atoms with E-state index in [0.717, 1.165) is 30.5 Å². The fraction of sp³-hybridized carbons (Fsp3) is 0.526. The average Bonchev–Trinajstić information content (AvgIpc) is 3.37. The van der Waals surface area contributed by atoms with E-state index >= 15 is 0 Å². The van der Waals surface area contributed by atoms with Gasteiger partial charge in [0, 0.05) is 25.6 Å². The van der Waals surface area contributed by atoms with E-state index in [1.165, 1.54) is 0 Å². The molecule has 1 aliphatic rings. The molecule has 0 saturated heterocycles. The van der Waals surface area contributed by atoms with Crippen LogP contribution in [0.1, 0.15) is 38.7 Å². The molecule has 0 unspecified atom stereocenters. The highest BCUT2D eigenvalue weighted by atomic mass is 16.2. The Morgan fingerprint density at radius 3 is 2.79 bits per heavy atom. The van der Waals surface area contributed by atoms with Crippen molar-refractivity contribution in [2.45, 2.75) is 52.6 Å². The summed E-state index contributed by atoms with van der Waals surface area (Å²) in [5, 5.41) is 0.617. The predicted molar refractivity (Wildman–Crippen MR) is 94.9 cm³/mol. The Morgan fingerprint density at radius 1 is 1.38 bits per heavy atom. The van der Waals surface area contributed by atoms with Gasteiger partial charge in [0.25, 0.3) is 5.56 Å². The number of hydrogen-bond donors (Lipinski definition) is 0. The lowest BCUT2D eigenvalue weighted by Gasteiger charge is -2.24. The smallest absolute Gasteiger partial charge is 0.261 e. The molecule has 0 N–H and O–H groups in total. The van der Waals surface area contributed by atoms with Crippen molar-refractivity contribution in [1.82, 2.24) is 14.5 Å². The summed E-state index contributed by atoms with van der Waals surface area (Å²) < 4.78 is 1.56. The number of amides is 1. The minimum absolute atomic E-state index is 0.0710. The van der Waals surface area contributed by atoms with Crippen LogP contribution in [0, 0.1) is 12.8 Å². The fourth-order valence-corrected chi connectivity index (χ4v) is 3.09. The van der Waals surface area contributed by atoms with E-state index in [0.29, 0.717) is 30.3 Å². The van der Waals surface area contributed by atoms with Crippen LogP contribution in [0.25, 0.3) is 10.9 Å². The molecular weight excluding hydrogens is 302 g/mol. The van der Waals surface area contributed by atoms with Crippen molar-refractivity contribution in [3.8, 4) is 0 Å². The Morgan fingerprint density at radius 2 is 2.12 bits per heavy atom. The third-order valence-corrected chi connectivity index (χ3v) is 4.49. The Kier molecular flexibility index (Phi) is 4.69. The first kappa shape index (κ1) is 16.7. The van der Waals surface area contributed by atoms with Crippen LogP contribution in [-0.4, -0.2) is 32.9 Å². The highest BCUT2D eigenvalue weighted by molar-refractivity contribution is 5.80. The van der Waals surface area contributed by atoms with E-state index in [-0.39, 0.29) is 11.5 Å². The molecule has 3 rings (SSSR count). The van der Waals surface area contributed by atoms with Gasteiger partial charge in [0.2, 0.25) is 5.91 Å². The van der Waals surface area contributed by atoms with Crippen molar-refractivity contribution >= 4 is 16.8 Å². The molecule has 0 spiro atoms. The van der Waals surface area contributed by atoms with Gasteiger partial charge in [0.05, 0.1) is 17.2 Å². The Hall–Kier alpha value is -2.17. The first-order valence-corrected chi connectivity index (χ1v) is 8.71. The number of nitrogens with zero attached hydrogens (tertiary/aromatic N) is 3. The van der Waals surface area contributed by atoms with Crippen molar-refractivity contribution in [1.29, 1.82) is 0 Å². The Labute approximate surface area is 142 Å². The summed E-state index contributed by atoms with van der Waals surface area (Å²) in [5.74, 6) is 0.602. The summed E-state index contributed by atoms with van der Waals surface area (Å²) in [5.41, 5.74) is 1.66. The highest BCUT2D eigenvalue weighted by Gasteiger charge is 2.32. The van der Waals surface area contributed by atoms with E-state index in [4.69, 9.17) is 0 Å². The van der Waals surface area contributed by atoms with Gasteiger partial charge in [-0.05, 0) is 37.3 Å². The fourth-order valence-electron chi connectivity index (χ4n) is 3.09. The van der Waals surface area contributed by atoms with E-state index in [1.54, 1.807) is 17.0 Å². The topological polar surface area (TPSA) is 55.2 Å². The molecule has 1 aliphatic carbocycles. The lowest BCUT2D eigenvalue weighted by molar-refractivity contribution is -0.132. The summed E-state index contributed by atoms with van der Waals surface area (Å²) in [7, 11) is 0. The molecule has 128 valence electrons. The van der Waals surface area contributed by atoms with Gasteiger partial charge in [-0.1, -0.05) is 26.0 Å². The van der Waals surface area contributed by atoms with Gasteiger partial charge >= 0.3 is 0 Å². The normalized spacial score (nSPS) is 14.3. The van der Waals surface area contributed by atoms with Crippen molar-refractivity contribution in [3.05, 3.63) is 40.4 Å². The minimum Gasteiger partial charge on any atom is -0.339 e. The summed E-state index contributed by atoms with van der Waals surface area (Å²) in [6, 6.07) is 6.02. The zero-order valence-electron chi connectivity index (χ0n) is 14.7. The maximum Gasteiger partial charge on any atom is 0.261 e. The molecule has 1 saturated carbocycles. The van der Waals surface area contributed by atoms with Crippen molar-refractivity contribution in [2.24, 2.45) is 5.92 Å². The molecule has 0 radical (unpaired) electrons. The SMILES string of the molecule is Cc1cccc2c(=O)n(CCC(=O)N(CC(C)C)C3CC3)cnc12. The number of rotatable bonds is 6. The number of aromatic nitrogens is 2. The van der Waals surface area contributed by atoms with Crippen LogP contribution in [0.4, 0.5) is 0 Å². The second-order valence-electron chi connectivity index (χ2n) is 7.14. The quantitative estimate of drug-likeness (QED) is 0.820. The second kappa shape index (κ2) is 6.75. The predicted octanol–water partition coefficient (Wildman–Crippen LogP) is 2.74. The largest absolute Gasteiger partial charge is 0.339 e. The molecule has 1 amide bonds. The van der Waals surface area contributed by atoms with Crippen LogP contribution < -0.4 is 5.56 Å². The van der Waals surface area contributed by atoms with Crippen LogP contribution >= 0.6 is 0 Å². The van der Waals surface area contributed by atoms with Gasteiger partial charge in [0.15, 0.2) is 0 Å². The lowest BCUT2D eigenvalue weighted by atomic mass is 10.1. The molecule has 1 heterocycles. The molecule has 24 heavy (non-hydrogen) atoms. The number of benzene rings is 1. The third kappa shape index (κ3) is 3.50. The molecule has 0 aliphatic heterocycles. The number of carbonyl (C=O) groups excluding carboxylic acids is 1. The second-order valence-corrected chi connectivity index (χ2v) is 7.14. The molecule has 5 heteroatoms. The molecule has 1 fully saturated rings. The molecule has 1 aromatic heterocycles. The lowest BCUT2D eigenvalue weighted by Crippen LogP contribution is -2.37. The van der Waals surface area contributed by atoms with Gasteiger partial charge < -0.3 is 4.90 Å².